The summed E-state index contributed by atoms with van der Waals surface area (Å²) in [5.74, 6) is 2.16. The standard InChI is InChI=1S/C16H21N5/c1-11-9-15(18-10-17-11)21-8-4-7-14(21)16-19-12-5-2-3-6-13(12)20-16/h9-10,14H,2-8H2,1H3,(H,19,20)/t14-/m0/s1. The molecule has 0 unspecified atom stereocenters. The summed E-state index contributed by atoms with van der Waals surface area (Å²) in [5, 5.41) is 0. The predicted octanol–water partition coefficient (Wildman–Crippen LogP) is 2.73. The number of fused-ring (bicyclic) bond motifs is 1. The molecule has 110 valence electrons. The quantitative estimate of drug-likeness (QED) is 0.920. The van der Waals surface area contributed by atoms with Gasteiger partial charge in [-0.25, -0.2) is 15.0 Å². The molecule has 1 aliphatic heterocycles. The molecule has 5 heteroatoms. The minimum absolute atomic E-state index is 0.338. The van der Waals surface area contributed by atoms with Crippen molar-refractivity contribution >= 4 is 5.82 Å². The second-order valence-corrected chi connectivity index (χ2v) is 6.12. The summed E-state index contributed by atoms with van der Waals surface area (Å²) in [6.07, 6.45) is 8.85. The van der Waals surface area contributed by atoms with Crippen LogP contribution in [0.5, 0.6) is 0 Å². The van der Waals surface area contributed by atoms with Gasteiger partial charge in [-0.1, -0.05) is 0 Å². The number of anilines is 1. The lowest BCUT2D eigenvalue weighted by atomic mass is 10.0. The highest BCUT2D eigenvalue weighted by atomic mass is 15.3. The van der Waals surface area contributed by atoms with Crippen LogP contribution in [0.15, 0.2) is 12.4 Å². The van der Waals surface area contributed by atoms with Crippen LogP contribution in [0.3, 0.4) is 0 Å². The maximum Gasteiger partial charge on any atom is 0.132 e. The van der Waals surface area contributed by atoms with Crippen LogP contribution in [0.4, 0.5) is 5.82 Å². The van der Waals surface area contributed by atoms with Crippen molar-refractivity contribution in [1.82, 2.24) is 19.9 Å². The third-order valence-corrected chi connectivity index (χ3v) is 4.63. The Morgan fingerprint density at radius 3 is 2.95 bits per heavy atom. The Balaban J connectivity index is 1.65. The molecule has 1 atom stereocenters. The maximum atomic E-state index is 4.89. The number of rotatable bonds is 2. The van der Waals surface area contributed by atoms with Gasteiger partial charge in [-0.15, -0.1) is 0 Å². The van der Waals surface area contributed by atoms with Crippen molar-refractivity contribution in [2.45, 2.75) is 51.5 Å². The summed E-state index contributed by atoms with van der Waals surface area (Å²) >= 11 is 0. The van der Waals surface area contributed by atoms with Crippen molar-refractivity contribution in [3.8, 4) is 0 Å². The Morgan fingerprint density at radius 1 is 1.19 bits per heavy atom. The zero-order valence-corrected chi connectivity index (χ0v) is 12.5. The number of nitrogens with one attached hydrogen (secondary N) is 1. The molecule has 0 spiro atoms. The number of H-pyrrole nitrogens is 1. The summed E-state index contributed by atoms with van der Waals surface area (Å²) in [7, 11) is 0. The lowest BCUT2D eigenvalue weighted by Gasteiger charge is -2.24. The Kier molecular flexibility index (Phi) is 3.13. The van der Waals surface area contributed by atoms with Crippen molar-refractivity contribution in [2.75, 3.05) is 11.4 Å². The van der Waals surface area contributed by atoms with Crippen LogP contribution < -0.4 is 4.90 Å². The van der Waals surface area contributed by atoms with E-state index in [-0.39, 0.29) is 0 Å². The first-order chi connectivity index (χ1) is 10.3. The van der Waals surface area contributed by atoms with E-state index in [0.717, 1.165) is 43.1 Å². The lowest BCUT2D eigenvalue weighted by Crippen LogP contribution is -2.24. The molecule has 0 amide bonds. The minimum atomic E-state index is 0.338. The van der Waals surface area contributed by atoms with E-state index in [4.69, 9.17) is 4.98 Å². The van der Waals surface area contributed by atoms with Gasteiger partial charge in [0.05, 0.1) is 11.7 Å². The van der Waals surface area contributed by atoms with Crippen LogP contribution in [-0.4, -0.2) is 26.5 Å². The molecule has 1 saturated heterocycles. The number of aryl methyl sites for hydroxylation is 3. The summed E-state index contributed by atoms with van der Waals surface area (Å²) in [4.78, 5) is 19.5. The van der Waals surface area contributed by atoms with Gasteiger partial charge < -0.3 is 9.88 Å². The first-order valence-corrected chi connectivity index (χ1v) is 7.94. The van der Waals surface area contributed by atoms with Crippen LogP contribution in [0.25, 0.3) is 0 Å². The summed E-state index contributed by atoms with van der Waals surface area (Å²) in [6, 6.07) is 2.41. The molecule has 2 aliphatic rings. The number of hydrogen-bond donors (Lipinski definition) is 1. The van der Waals surface area contributed by atoms with E-state index in [9.17, 15) is 0 Å². The first kappa shape index (κ1) is 12.8. The van der Waals surface area contributed by atoms with Gasteiger partial charge in [-0.05, 0) is 45.4 Å². The first-order valence-electron chi connectivity index (χ1n) is 7.94. The molecule has 0 aromatic carbocycles. The number of imidazole rings is 1. The molecule has 1 fully saturated rings. The van der Waals surface area contributed by atoms with Crippen molar-refractivity contribution in [3.63, 3.8) is 0 Å². The monoisotopic (exact) mass is 283 g/mol. The molecule has 0 radical (unpaired) electrons. The van der Waals surface area contributed by atoms with Crippen molar-refractivity contribution < 1.29 is 0 Å². The zero-order chi connectivity index (χ0) is 14.2. The van der Waals surface area contributed by atoms with Gasteiger partial charge in [0.15, 0.2) is 0 Å². The molecule has 4 rings (SSSR count). The molecular formula is C16H21N5. The second-order valence-electron chi connectivity index (χ2n) is 6.12. The molecule has 3 heterocycles. The molecular weight excluding hydrogens is 262 g/mol. The molecule has 0 bridgehead atoms. The summed E-state index contributed by atoms with van der Waals surface area (Å²) in [5.41, 5.74) is 3.67. The number of hydrogen-bond acceptors (Lipinski definition) is 4. The summed E-state index contributed by atoms with van der Waals surface area (Å²) in [6.45, 7) is 3.06. The average Bonchev–Trinajstić information content (AvgIpc) is 3.13. The van der Waals surface area contributed by atoms with E-state index < -0.39 is 0 Å². The van der Waals surface area contributed by atoms with E-state index in [1.165, 1.54) is 30.7 Å². The van der Waals surface area contributed by atoms with E-state index in [1.54, 1.807) is 6.33 Å². The van der Waals surface area contributed by atoms with Crippen molar-refractivity contribution in [1.29, 1.82) is 0 Å². The van der Waals surface area contributed by atoms with Crippen molar-refractivity contribution in [2.24, 2.45) is 0 Å². The zero-order valence-electron chi connectivity index (χ0n) is 12.5. The van der Waals surface area contributed by atoms with Crippen LogP contribution in [0.1, 0.15) is 54.6 Å². The van der Waals surface area contributed by atoms with Gasteiger partial charge in [0, 0.05) is 24.0 Å². The van der Waals surface area contributed by atoms with Gasteiger partial charge in [0.2, 0.25) is 0 Å². The van der Waals surface area contributed by atoms with Crippen LogP contribution in [-0.2, 0) is 12.8 Å². The fourth-order valence-corrected chi connectivity index (χ4v) is 3.56. The Morgan fingerprint density at radius 2 is 2.10 bits per heavy atom. The maximum absolute atomic E-state index is 4.89. The molecule has 5 nitrogen and oxygen atoms in total. The van der Waals surface area contributed by atoms with E-state index in [0.29, 0.717) is 6.04 Å². The van der Waals surface area contributed by atoms with E-state index >= 15 is 0 Å². The fraction of sp³-hybridized carbons (Fsp3) is 0.562. The van der Waals surface area contributed by atoms with E-state index in [1.807, 2.05) is 6.92 Å². The Labute approximate surface area is 124 Å². The highest BCUT2D eigenvalue weighted by molar-refractivity contribution is 5.42. The van der Waals surface area contributed by atoms with Gasteiger partial charge >= 0.3 is 0 Å². The molecule has 1 N–H and O–H groups in total. The Hall–Kier alpha value is -1.91. The normalized spacial score (nSPS) is 21.6. The lowest BCUT2D eigenvalue weighted by molar-refractivity contribution is 0.666. The Bertz CT molecular complexity index is 624. The summed E-state index contributed by atoms with van der Waals surface area (Å²) < 4.78 is 0. The highest BCUT2D eigenvalue weighted by Gasteiger charge is 2.30. The minimum Gasteiger partial charge on any atom is -0.346 e. The average molecular weight is 283 g/mol. The topological polar surface area (TPSA) is 57.7 Å². The molecule has 21 heavy (non-hydrogen) atoms. The van der Waals surface area contributed by atoms with E-state index in [2.05, 4.69) is 25.9 Å². The molecule has 0 saturated carbocycles. The third kappa shape index (κ3) is 2.30. The van der Waals surface area contributed by atoms with Crippen LogP contribution in [0.2, 0.25) is 0 Å². The SMILES string of the molecule is Cc1cc(N2CCC[C@H]2c2nc3c([nH]2)CCCC3)ncn1. The second kappa shape index (κ2) is 5.13. The third-order valence-electron chi connectivity index (χ3n) is 4.63. The fourth-order valence-electron chi connectivity index (χ4n) is 3.56. The number of aromatic nitrogens is 4. The number of nitrogens with zero attached hydrogens (tertiary/aromatic N) is 4. The van der Waals surface area contributed by atoms with Gasteiger partial charge in [-0.2, -0.15) is 0 Å². The largest absolute Gasteiger partial charge is 0.346 e. The molecule has 1 aliphatic carbocycles. The van der Waals surface area contributed by atoms with Gasteiger partial charge in [0.25, 0.3) is 0 Å². The van der Waals surface area contributed by atoms with Gasteiger partial charge in [0.1, 0.15) is 18.0 Å². The smallest absolute Gasteiger partial charge is 0.132 e. The molecule has 2 aromatic rings. The van der Waals surface area contributed by atoms with Crippen LogP contribution in [0, 0.1) is 6.92 Å². The predicted molar refractivity (Wildman–Crippen MR) is 81.3 cm³/mol. The van der Waals surface area contributed by atoms with Crippen LogP contribution >= 0.6 is 0 Å². The number of aromatic amines is 1. The molecule has 2 aromatic heterocycles. The highest BCUT2D eigenvalue weighted by Crippen LogP contribution is 2.35. The van der Waals surface area contributed by atoms with Crippen molar-refractivity contribution in [3.05, 3.63) is 35.3 Å². The van der Waals surface area contributed by atoms with Gasteiger partial charge in [-0.3, -0.25) is 0 Å².